The van der Waals surface area contributed by atoms with Crippen LogP contribution in [0.4, 0.5) is 24.5 Å². The zero-order valence-electron chi connectivity index (χ0n) is 11.4. The second-order valence-electron chi connectivity index (χ2n) is 5.01. The smallest absolute Gasteiger partial charge is 0.379 e. The van der Waals surface area contributed by atoms with Crippen molar-refractivity contribution >= 4 is 17.3 Å². The molecule has 0 aliphatic heterocycles. The summed E-state index contributed by atoms with van der Waals surface area (Å²) < 4.78 is 37.7. The Labute approximate surface area is 123 Å². The number of hydrogen-bond donors (Lipinski definition) is 2. The molecule has 1 saturated carbocycles. The highest BCUT2D eigenvalue weighted by atomic mass is 19.4. The molecule has 0 saturated heterocycles. The largest absolute Gasteiger partial charge is 0.416 e. The van der Waals surface area contributed by atoms with E-state index in [1.807, 2.05) is 0 Å². The summed E-state index contributed by atoms with van der Waals surface area (Å²) in [6.07, 6.45) is -2.66. The number of nitro groups is 1. The number of amides is 1. The van der Waals surface area contributed by atoms with Crippen LogP contribution in [0.2, 0.25) is 0 Å². The second kappa shape index (κ2) is 6.20. The zero-order valence-corrected chi connectivity index (χ0v) is 11.4. The van der Waals surface area contributed by atoms with Crippen LogP contribution in [-0.2, 0) is 11.0 Å². The molecule has 1 aliphatic rings. The normalized spacial score (nSPS) is 14.5. The first-order valence-corrected chi connectivity index (χ1v) is 6.66. The SMILES string of the molecule is O=C(CCNc1ccc(C(F)(F)F)cc1[N+](=O)[O-])NC1CC1. The van der Waals surface area contributed by atoms with Crippen LogP contribution in [0.3, 0.4) is 0 Å². The lowest BCUT2D eigenvalue weighted by Gasteiger charge is -2.10. The number of nitro benzene ring substituents is 1. The Morgan fingerprint density at radius 3 is 2.59 bits per heavy atom. The van der Waals surface area contributed by atoms with Crippen LogP contribution < -0.4 is 10.6 Å². The molecule has 1 aliphatic carbocycles. The Hall–Kier alpha value is -2.32. The number of benzene rings is 1. The van der Waals surface area contributed by atoms with Gasteiger partial charge in [-0.2, -0.15) is 13.2 Å². The van der Waals surface area contributed by atoms with Crippen molar-refractivity contribution in [2.24, 2.45) is 0 Å². The minimum Gasteiger partial charge on any atom is -0.379 e. The van der Waals surface area contributed by atoms with E-state index < -0.39 is 22.4 Å². The fourth-order valence-corrected chi connectivity index (χ4v) is 1.85. The molecule has 6 nitrogen and oxygen atoms in total. The topological polar surface area (TPSA) is 84.3 Å². The lowest BCUT2D eigenvalue weighted by Crippen LogP contribution is -2.27. The summed E-state index contributed by atoms with van der Waals surface area (Å²) in [5, 5.41) is 16.2. The Kier molecular flexibility index (Phi) is 4.53. The van der Waals surface area contributed by atoms with Gasteiger partial charge in [-0.25, -0.2) is 0 Å². The summed E-state index contributed by atoms with van der Waals surface area (Å²) >= 11 is 0. The number of carbonyl (C=O) groups excluding carboxylic acids is 1. The monoisotopic (exact) mass is 317 g/mol. The van der Waals surface area contributed by atoms with Crippen LogP contribution in [0.1, 0.15) is 24.8 Å². The van der Waals surface area contributed by atoms with Crippen molar-refractivity contribution in [1.82, 2.24) is 5.32 Å². The molecule has 1 amide bonds. The highest BCUT2D eigenvalue weighted by Crippen LogP contribution is 2.34. The van der Waals surface area contributed by atoms with E-state index >= 15 is 0 Å². The number of halogens is 3. The number of anilines is 1. The average Bonchev–Trinajstić information content (AvgIpc) is 3.21. The first kappa shape index (κ1) is 16.1. The fourth-order valence-electron chi connectivity index (χ4n) is 1.85. The number of hydrogen-bond acceptors (Lipinski definition) is 4. The van der Waals surface area contributed by atoms with Crippen molar-refractivity contribution < 1.29 is 22.9 Å². The van der Waals surface area contributed by atoms with Gasteiger partial charge in [-0.3, -0.25) is 14.9 Å². The summed E-state index contributed by atoms with van der Waals surface area (Å²) in [7, 11) is 0. The molecule has 0 heterocycles. The van der Waals surface area contributed by atoms with Gasteiger partial charge in [0, 0.05) is 25.1 Å². The molecule has 0 atom stereocenters. The van der Waals surface area contributed by atoms with Crippen LogP contribution in [0.15, 0.2) is 18.2 Å². The molecule has 1 aromatic carbocycles. The molecular formula is C13H14F3N3O3. The van der Waals surface area contributed by atoms with Crippen molar-refractivity contribution in [2.45, 2.75) is 31.5 Å². The summed E-state index contributed by atoms with van der Waals surface area (Å²) in [4.78, 5) is 21.4. The quantitative estimate of drug-likeness (QED) is 0.624. The van der Waals surface area contributed by atoms with Gasteiger partial charge in [-0.05, 0) is 25.0 Å². The van der Waals surface area contributed by atoms with E-state index in [4.69, 9.17) is 0 Å². The molecule has 2 N–H and O–H groups in total. The predicted molar refractivity (Wildman–Crippen MR) is 72.4 cm³/mol. The van der Waals surface area contributed by atoms with Gasteiger partial charge in [-0.15, -0.1) is 0 Å². The van der Waals surface area contributed by atoms with E-state index in [9.17, 15) is 28.1 Å². The third-order valence-electron chi connectivity index (χ3n) is 3.13. The van der Waals surface area contributed by atoms with E-state index in [0.29, 0.717) is 6.07 Å². The molecule has 0 unspecified atom stereocenters. The van der Waals surface area contributed by atoms with Gasteiger partial charge in [-0.1, -0.05) is 0 Å². The minimum atomic E-state index is -4.65. The molecule has 0 bridgehead atoms. The van der Waals surface area contributed by atoms with E-state index in [2.05, 4.69) is 10.6 Å². The van der Waals surface area contributed by atoms with Crippen molar-refractivity contribution in [1.29, 1.82) is 0 Å². The molecule has 1 aromatic rings. The number of nitrogens with one attached hydrogen (secondary N) is 2. The van der Waals surface area contributed by atoms with Crippen LogP contribution in [0.25, 0.3) is 0 Å². The second-order valence-corrected chi connectivity index (χ2v) is 5.01. The standard InChI is InChI=1S/C13H14F3N3O3/c14-13(15,16)8-1-4-10(11(7-8)19(21)22)17-6-5-12(20)18-9-2-3-9/h1,4,7,9,17H,2-3,5-6H2,(H,18,20). The lowest BCUT2D eigenvalue weighted by atomic mass is 10.1. The molecule has 2 rings (SSSR count). The van der Waals surface area contributed by atoms with Gasteiger partial charge < -0.3 is 10.6 Å². The van der Waals surface area contributed by atoms with Crippen molar-refractivity contribution in [3.8, 4) is 0 Å². The van der Waals surface area contributed by atoms with Gasteiger partial charge in [0.25, 0.3) is 5.69 Å². The van der Waals surface area contributed by atoms with Crippen molar-refractivity contribution in [2.75, 3.05) is 11.9 Å². The van der Waals surface area contributed by atoms with Gasteiger partial charge in [0.05, 0.1) is 10.5 Å². The Morgan fingerprint density at radius 2 is 2.05 bits per heavy atom. The van der Waals surface area contributed by atoms with Crippen LogP contribution in [0, 0.1) is 10.1 Å². The molecule has 0 aromatic heterocycles. The van der Waals surface area contributed by atoms with E-state index in [-0.39, 0.29) is 30.6 Å². The average molecular weight is 317 g/mol. The van der Waals surface area contributed by atoms with Gasteiger partial charge in [0.15, 0.2) is 0 Å². The van der Waals surface area contributed by atoms with E-state index in [1.165, 1.54) is 0 Å². The highest BCUT2D eigenvalue weighted by Gasteiger charge is 2.33. The molecule has 120 valence electrons. The van der Waals surface area contributed by atoms with Gasteiger partial charge in [0.2, 0.25) is 5.91 Å². The first-order chi connectivity index (χ1) is 10.3. The summed E-state index contributed by atoms with van der Waals surface area (Å²) in [6.45, 7) is 0.102. The van der Waals surface area contributed by atoms with Gasteiger partial charge >= 0.3 is 6.18 Å². The molecular weight excluding hydrogens is 303 g/mol. The Morgan fingerprint density at radius 1 is 1.36 bits per heavy atom. The van der Waals surface area contributed by atoms with Crippen LogP contribution in [0.5, 0.6) is 0 Å². The minimum absolute atomic E-state index is 0.0442. The predicted octanol–water partition coefficient (Wildman–Crippen LogP) is 2.69. The lowest BCUT2D eigenvalue weighted by molar-refractivity contribution is -0.384. The molecule has 0 radical (unpaired) electrons. The highest BCUT2D eigenvalue weighted by molar-refractivity contribution is 5.77. The van der Waals surface area contributed by atoms with Crippen LogP contribution >= 0.6 is 0 Å². The zero-order chi connectivity index (χ0) is 16.3. The summed E-state index contributed by atoms with van der Waals surface area (Å²) in [5.41, 5.74) is -1.80. The maximum Gasteiger partial charge on any atom is 0.416 e. The van der Waals surface area contributed by atoms with Crippen LogP contribution in [-0.4, -0.2) is 23.4 Å². The molecule has 22 heavy (non-hydrogen) atoms. The maximum absolute atomic E-state index is 12.6. The fraction of sp³-hybridized carbons (Fsp3) is 0.462. The number of carbonyl (C=O) groups is 1. The first-order valence-electron chi connectivity index (χ1n) is 6.66. The van der Waals surface area contributed by atoms with Crippen molar-refractivity contribution in [3.63, 3.8) is 0 Å². The number of alkyl halides is 3. The third-order valence-corrected chi connectivity index (χ3v) is 3.13. The molecule has 1 fully saturated rings. The summed E-state index contributed by atoms with van der Waals surface area (Å²) in [6, 6.07) is 2.46. The van der Waals surface area contributed by atoms with E-state index in [1.54, 1.807) is 0 Å². The summed E-state index contributed by atoms with van der Waals surface area (Å²) in [5.74, 6) is -0.190. The maximum atomic E-state index is 12.6. The Bertz CT molecular complexity index is 586. The Balaban J connectivity index is 1.99. The molecule has 9 heteroatoms. The molecule has 0 spiro atoms. The number of nitrogens with zero attached hydrogens (tertiary/aromatic N) is 1. The van der Waals surface area contributed by atoms with E-state index in [0.717, 1.165) is 25.0 Å². The van der Waals surface area contributed by atoms with Crippen molar-refractivity contribution in [3.05, 3.63) is 33.9 Å². The number of rotatable bonds is 6. The third kappa shape index (κ3) is 4.34. The van der Waals surface area contributed by atoms with Gasteiger partial charge in [0.1, 0.15) is 5.69 Å².